The van der Waals surface area contributed by atoms with Crippen molar-refractivity contribution in [2.45, 2.75) is 17.5 Å². The highest BCUT2D eigenvalue weighted by molar-refractivity contribution is 9.10. The minimum atomic E-state index is -0.885. The summed E-state index contributed by atoms with van der Waals surface area (Å²) in [6.07, 6.45) is 1.66. The summed E-state index contributed by atoms with van der Waals surface area (Å²) in [6.45, 7) is 0. The standard InChI is InChI=1S/C15H13BrN4O3S/c1-24-15-19-12-11(14(23)20-15)9(6-10(21)18-12)13(22)17-8-4-2-7(16)3-5-8/h2-5,9H,6H2,1H3,(H,17,22)(H2,18,19,20,21,23). The third-order valence-electron chi connectivity index (χ3n) is 3.55. The van der Waals surface area contributed by atoms with E-state index in [4.69, 9.17) is 0 Å². The minimum absolute atomic E-state index is 0.0985. The number of carbonyl (C=O) groups excluding carboxylic acids is 2. The van der Waals surface area contributed by atoms with Gasteiger partial charge in [-0.3, -0.25) is 14.4 Å². The maximum absolute atomic E-state index is 12.6. The summed E-state index contributed by atoms with van der Waals surface area (Å²) in [5.41, 5.74) is 0.350. The van der Waals surface area contributed by atoms with Gasteiger partial charge in [0, 0.05) is 16.6 Å². The zero-order chi connectivity index (χ0) is 17.3. The molecular formula is C15H13BrN4O3S. The highest BCUT2D eigenvalue weighted by atomic mass is 79.9. The van der Waals surface area contributed by atoms with Crippen LogP contribution in [0.2, 0.25) is 0 Å². The second kappa shape index (κ2) is 6.78. The molecule has 3 N–H and O–H groups in total. The van der Waals surface area contributed by atoms with E-state index in [1.807, 2.05) is 0 Å². The van der Waals surface area contributed by atoms with E-state index in [1.165, 1.54) is 11.8 Å². The van der Waals surface area contributed by atoms with E-state index >= 15 is 0 Å². The van der Waals surface area contributed by atoms with Crippen LogP contribution in [-0.4, -0.2) is 28.0 Å². The topological polar surface area (TPSA) is 104 Å². The molecule has 24 heavy (non-hydrogen) atoms. The summed E-state index contributed by atoms with van der Waals surface area (Å²) in [5, 5.41) is 5.68. The van der Waals surface area contributed by atoms with Crippen molar-refractivity contribution < 1.29 is 9.59 Å². The van der Waals surface area contributed by atoms with Gasteiger partial charge in [-0.2, -0.15) is 0 Å². The average Bonchev–Trinajstić information content (AvgIpc) is 2.55. The van der Waals surface area contributed by atoms with Gasteiger partial charge in [0.15, 0.2) is 5.16 Å². The quantitative estimate of drug-likeness (QED) is 0.533. The fourth-order valence-electron chi connectivity index (χ4n) is 2.43. The smallest absolute Gasteiger partial charge is 0.257 e. The first kappa shape index (κ1) is 16.7. The molecule has 7 nitrogen and oxygen atoms in total. The zero-order valence-electron chi connectivity index (χ0n) is 12.6. The molecule has 1 aromatic heterocycles. The number of benzene rings is 1. The third-order valence-corrected chi connectivity index (χ3v) is 4.66. The lowest BCUT2D eigenvalue weighted by Crippen LogP contribution is -2.36. The Bertz CT molecular complexity index is 866. The fraction of sp³-hybridized carbons (Fsp3) is 0.200. The van der Waals surface area contributed by atoms with Gasteiger partial charge in [-0.1, -0.05) is 27.7 Å². The van der Waals surface area contributed by atoms with Gasteiger partial charge in [0.25, 0.3) is 5.56 Å². The van der Waals surface area contributed by atoms with Crippen LogP contribution < -0.4 is 16.2 Å². The van der Waals surface area contributed by atoms with Crippen LogP contribution in [0.5, 0.6) is 0 Å². The number of anilines is 2. The van der Waals surface area contributed by atoms with Crippen LogP contribution in [0.3, 0.4) is 0 Å². The van der Waals surface area contributed by atoms with E-state index in [2.05, 4.69) is 36.5 Å². The highest BCUT2D eigenvalue weighted by Crippen LogP contribution is 2.30. The molecule has 0 spiro atoms. The van der Waals surface area contributed by atoms with Crippen LogP contribution >= 0.6 is 27.7 Å². The van der Waals surface area contributed by atoms with Gasteiger partial charge in [-0.05, 0) is 30.5 Å². The Kier molecular flexibility index (Phi) is 4.72. The second-order valence-corrected chi connectivity index (χ2v) is 6.85. The minimum Gasteiger partial charge on any atom is -0.326 e. The van der Waals surface area contributed by atoms with Gasteiger partial charge in [0.2, 0.25) is 11.8 Å². The summed E-state index contributed by atoms with van der Waals surface area (Å²) in [6, 6.07) is 7.03. The molecule has 1 unspecified atom stereocenters. The van der Waals surface area contributed by atoms with Gasteiger partial charge in [-0.25, -0.2) is 4.98 Å². The molecule has 2 heterocycles. The second-order valence-electron chi connectivity index (χ2n) is 5.14. The first-order valence-corrected chi connectivity index (χ1v) is 9.04. The summed E-state index contributed by atoms with van der Waals surface area (Å²) >= 11 is 4.57. The molecule has 1 atom stereocenters. The lowest BCUT2D eigenvalue weighted by Gasteiger charge is -2.23. The number of hydrogen-bond acceptors (Lipinski definition) is 5. The van der Waals surface area contributed by atoms with E-state index < -0.39 is 17.4 Å². The largest absolute Gasteiger partial charge is 0.326 e. The number of rotatable bonds is 3. The molecule has 0 saturated carbocycles. The third kappa shape index (κ3) is 3.36. The summed E-state index contributed by atoms with van der Waals surface area (Å²) in [5.74, 6) is -1.50. The van der Waals surface area contributed by atoms with Crippen molar-refractivity contribution in [2.24, 2.45) is 0 Å². The predicted octanol–water partition coefficient (Wildman–Crippen LogP) is 2.32. The Balaban J connectivity index is 1.94. The maximum Gasteiger partial charge on any atom is 0.257 e. The number of amides is 2. The SMILES string of the molecule is CSc1nc2c(c(=O)[nH]1)C(C(=O)Nc1ccc(Br)cc1)CC(=O)N2. The number of hydrogen-bond donors (Lipinski definition) is 3. The van der Waals surface area contributed by atoms with E-state index in [0.29, 0.717) is 10.8 Å². The van der Waals surface area contributed by atoms with E-state index in [-0.39, 0.29) is 23.7 Å². The molecule has 1 aliphatic heterocycles. The highest BCUT2D eigenvalue weighted by Gasteiger charge is 2.34. The Morgan fingerprint density at radius 2 is 2.04 bits per heavy atom. The monoisotopic (exact) mass is 408 g/mol. The number of thioether (sulfide) groups is 1. The molecule has 0 bridgehead atoms. The molecule has 1 aromatic carbocycles. The number of fused-ring (bicyclic) bond motifs is 1. The van der Waals surface area contributed by atoms with Crippen LogP contribution in [0.15, 0.2) is 38.7 Å². The average molecular weight is 409 g/mol. The van der Waals surface area contributed by atoms with Crippen molar-refractivity contribution in [3.05, 3.63) is 44.7 Å². The number of H-pyrrole nitrogens is 1. The van der Waals surface area contributed by atoms with Crippen LogP contribution in [0.1, 0.15) is 17.9 Å². The number of nitrogens with one attached hydrogen (secondary N) is 3. The van der Waals surface area contributed by atoms with Crippen LogP contribution in [0.25, 0.3) is 0 Å². The van der Waals surface area contributed by atoms with Crippen LogP contribution in [0, 0.1) is 0 Å². The van der Waals surface area contributed by atoms with Crippen molar-refractivity contribution in [1.29, 1.82) is 0 Å². The predicted molar refractivity (Wildman–Crippen MR) is 95.4 cm³/mol. The van der Waals surface area contributed by atoms with Gasteiger partial charge < -0.3 is 15.6 Å². The molecule has 1 aliphatic rings. The molecule has 0 fully saturated rings. The Morgan fingerprint density at radius 1 is 1.33 bits per heavy atom. The van der Waals surface area contributed by atoms with E-state index in [1.54, 1.807) is 30.5 Å². The molecule has 0 saturated heterocycles. The number of nitrogens with zero attached hydrogens (tertiary/aromatic N) is 1. The maximum atomic E-state index is 12.6. The first-order valence-electron chi connectivity index (χ1n) is 7.02. The number of carbonyl (C=O) groups is 2. The van der Waals surface area contributed by atoms with Crippen molar-refractivity contribution in [2.75, 3.05) is 16.9 Å². The van der Waals surface area contributed by atoms with Crippen LogP contribution in [0.4, 0.5) is 11.5 Å². The van der Waals surface area contributed by atoms with Gasteiger partial charge in [-0.15, -0.1) is 0 Å². The molecule has 9 heteroatoms. The van der Waals surface area contributed by atoms with Crippen molar-refractivity contribution in [3.63, 3.8) is 0 Å². The molecule has 0 aliphatic carbocycles. The van der Waals surface area contributed by atoms with E-state index in [9.17, 15) is 14.4 Å². The zero-order valence-corrected chi connectivity index (χ0v) is 15.0. The molecular weight excluding hydrogens is 396 g/mol. The molecule has 2 aromatic rings. The van der Waals surface area contributed by atoms with Crippen molar-refractivity contribution in [3.8, 4) is 0 Å². The van der Waals surface area contributed by atoms with E-state index in [0.717, 1.165) is 4.47 Å². The molecule has 3 rings (SSSR count). The molecule has 124 valence electrons. The Hall–Kier alpha value is -2.13. The summed E-state index contributed by atoms with van der Waals surface area (Å²) < 4.78 is 0.883. The molecule has 0 radical (unpaired) electrons. The van der Waals surface area contributed by atoms with Gasteiger partial charge in [0.1, 0.15) is 5.82 Å². The Labute approximate surface area is 149 Å². The van der Waals surface area contributed by atoms with Crippen molar-refractivity contribution >= 4 is 51.0 Å². The molecule has 2 amide bonds. The number of aromatic nitrogens is 2. The summed E-state index contributed by atoms with van der Waals surface area (Å²) in [4.78, 5) is 43.6. The first-order chi connectivity index (χ1) is 11.5. The van der Waals surface area contributed by atoms with Gasteiger partial charge in [0.05, 0.1) is 11.5 Å². The lowest BCUT2D eigenvalue weighted by atomic mass is 9.92. The number of aromatic amines is 1. The lowest BCUT2D eigenvalue weighted by molar-refractivity contribution is -0.123. The van der Waals surface area contributed by atoms with Crippen LogP contribution in [-0.2, 0) is 9.59 Å². The van der Waals surface area contributed by atoms with Crippen molar-refractivity contribution in [1.82, 2.24) is 9.97 Å². The number of halogens is 1. The fourth-order valence-corrected chi connectivity index (χ4v) is 3.08. The summed E-state index contributed by atoms with van der Waals surface area (Å²) in [7, 11) is 0. The Morgan fingerprint density at radius 3 is 2.71 bits per heavy atom. The normalized spacial score (nSPS) is 16.2. The van der Waals surface area contributed by atoms with Gasteiger partial charge >= 0.3 is 0 Å².